The third-order valence-corrected chi connectivity index (χ3v) is 2.30. The van der Waals surface area contributed by atoms with E-state index in [0.717, 1.165) is 31.6 Å². The van der Waals surface area contributed by atoms with Crippen molar-refractivity contribution in [2.45, 2.75) is 38.3 Å². The van der Waals surface area contributed by atoms with Crippen LogP contribution in [-0.4, -0.2) is 17.6 Å². The van der Waals surface area contributed by atoms with E-state index in [1.807, 2.05) is 6.92 Å². The van der Waals surface area contributed by atoms with Crippen LogP contribution in [0, 0.1) is 0 Å². The molecule has 1 aromatic rings. The summed E-state index contributed by atoms with van der Waals surface area (Å²) in [5.41, 5.74) is 5.67. The molecule has 2 rings (SSSR count). The molecule has 1 aliphatic rings. The number of hydrogen-bond donors (Lipinski definition) is 1. The molecule has 4 nitrogen and oxygen atoms in total. The zero-order valence-corrected chi connectivity index (χ0v) is 8.40. The molecular formula is C10H16N2O2. The van der Waals surface area contributed by atoms with Gasteiger partial charge in [-0.2, -0.15) is 0 Å². The number of aromatic nitrogens is 1. The summed E-state index contributed by atoms with van der Waals surface area (Å²) in [5.74, 6) is 1.56. The minimum Gasteiger partial charge on any atom is -0.443 e. The van der Waals surface area contributed by atoms with Gasteiger partial charge in [-0.05, 0) is 19.8 Å². The summed E-state index contributed by atoms with van der Waals surface area (Å²) in [7, 11) is 0. The smallest absolute Gasteiger partial charge is 0.223 e. The standard InChI is InChI=1S/C10H16N2O2/c1-7(11)5-8-6-12-10(14-8)9-3-2-4-13-9/h6-7,9H,2-5,11H2,1H3. The summed E-state index contributed by atoms with van der Waals surface area (Å²) in [4.78, 5) is 4.20. The van der Waals surface area contributed by atoms with E-state index >= 15 is 0 Å². The molecule has 0 bridgehead atoms. The number of rotatable bonds is 3. The predicted octanol–water partition coefficient (Wildman–Crippen LogP) is 1.42. The third kappa shape index (κ3) is 2.13. The maximum absolute atomic E-state index is 5.67. The van der Waals surface area contributed by atoms with Crippen molar-refractivity contribution >= 4 is 0 Å². The molecule has 0 amide bonds. The molecule has 1 saturated heterocycles. The molecule has 1 aromatic heterocycles. The van der Waals surface area contributed by atoms with E-state index in [9.17, 15) is 0 Å². The van der Waals surface area contributed by atoms with E-state index < -0.39 is 0 Å². The molecule has 0 radical (unpaired) electrons. The molecule has 78 valence electrons. The topological polar surface area (TPSA) is 61.3 Å². The van der Waals surface area contributed by atoms with Gasteiger partial charge >= 0.3 is 0 Å². The molecule has 14 heavy (non-hydrogen) atoms. The Kier molecular flexibility index (Phi) is 2.84. The Balaban J connectivity index is 2.01. The van der Waals surface area contributed by atoms with Crippen LogP contribution in [-0.2, 0) is 11.2 Å². The van der Waals surface area contributed by atoms with Crippen molar-refractivity contribution in [2.24, 2.45) is 5.73 Å². The fraction of sp³-hybridized carbons (Fsp3) is 0.700. The zero-order chi connectivity index (χ0) is 9.97. The highest BCUT2D eigenvalue weighted by atomic mass is 16.5. The van der Waals surface area contributed by atoms with Crippen LogP contribution in [0.25, 0.3) is 0 Å². The van der Waals surface area contributed by atoms with Gasteiger partial charge in [-0.15, -0.1) is 0 Å². The maximum Gasteiger partial charge on any atom is 0.223 e. The molecule has 2 atom stereocenters. The Labute approximate surface area is 83.4 Å². The molecule has 4 heteroatoms. The van der Waals surface area contributed by atoms with Crippen LogP contribution in [0.2, 0.25) is 0 Å². The molecule has 2 unspecified atom stereocenters. The van der Waals surface area contributed by atoms with Crippen molar-refractivity contribution in [1.82, 2.24) is 4.98 Å². The van der Waals surface area contributed by atoms with E-state index in [2.05, 4.69) is 4.98 Å². The Morgan fingerprint density at radius 2 is 2.57 bits per heavy atom. The molecule has 1 fully saturated rings. The molecule has 1 aliphatic heterocycles. The Bertz CT molecular complexity index is 290. The van der Waals surface area contributed by atoms with Gasteiger partial charge in [0, 0.05) is 19.1 Å². The van der Waals surface area contributed by atoms with E-state index in [1.165, 1.54) is 0 Å². The number of ether oxygens (including phenoxy) is 1. The van der Waals surface area contributed by atoms with Crippen LogP contribution < -0.4 is 5.73 Å². The van der Waals surface area contributed by atoms with Crippen molar-refractivity contribution in [2.75, 3.05) is 6.61 Å². The fourth-order valence-corrected chi connectivity index (χ4v) is 1.66. The van der Waals surface area contributed by atoms with Gasteiger partial charge in [0.05, 0.1) is 6.20 Å². The van der Waals surface area contributed by atoms with Gasteiger partial charge in [-0.1, -0.05) is 0 Å². The van der Waals surface area contributed by atoms with Gasteiger partial charge in [-0.3, -0.25) is 0 Å². The number of nitrogens with zero attached hydrogens (tertiary/aromatic N) is 1. The van der Waals surface area contributed by atoms with Gasteiger partial charge in [0.2, 0.25) is 5.89 Å². The molecule has 0 spiro atoms. The van der Waals surface area contributed by atoms with Crippen molar-refractivity contribution in [3.8, 4) is 0 Å². The maximum atomic E-state index is 5.67. The lowest BCUT2D eigenvalue weighted by Gasteiger charge is -2.03. The van der Waals surface area contributed by atoms with Crippen LogP contribution in [0.5, 0.6) is 0 Å². The summed E-state index contributed by atoms with van der Waals surface area (Å²) in [6, 6.07) is 0.111. The van der Waals surface area contributed by atoms with Crippen molar-refractivity contribution < 1.29 is 9.15 Å². The molecular weight excluding hydrogens is 180 g/mol. The summed E-state index contributed by atoms with van der Waals surface area (Å²) < 4.78 is 11.0. The highest BCUT2D eigenvalue weighted by Gasteiger charge is 2.22. The summed E-state index contributed by atoms with van der Waals surface area (Å²) in [6.45, 7) is 2.77. The fourth-order valence-electron chi connectivity index (χ4n) is 1.66. The van der Waals surface area contributed by atoms with E-state index in [1.54, 1.807) is 6.20 Å². The van der Waals surface area contributed by atoms with Gasteiger partial charge in [0.25, 0.3) is 0 Å². The Morgan fingerprint density at radius 1 is 1.71 bits per heavy atom. The lowest BCUT2D eigenvalue weighted by molar-refractivity contribution is 0.0880. The first-order chi connectivity index (χ1) is 6.75. The first kappa shape index (κ1) is 9.68. The Hall–Kier alpha value is -0.870. The lowest BCUT2D eigenvalue weighted by atomic mass is 10.2. The minimum atomic E-state index is 0.0665. The van der Waals surface area contributed by atoms with Crippen LogP contribution in [0.4, 0.5) is 0 Å². The predicted molar refractivity (Wildman–Crippen MR) is 51.8 cm³/mol. The summed E-state index contributed by atoms with van der Waals surface area (Å²) in [5, 5.41) is 0. The van der Waals surface area contributed by atoms with Crippen molar-refractivity contribution in [3.63, 3.8) is 0 Å². The SMILES string of the molecule is CC(N)Cc1cnc(C2CCCO2)o1. The van der Waals surface area contributed by atoms with Crippen LogP contribution in [0.15, 0.2) is 10.6 Å². The summed E-state index contributed by atoms with van der Waals surface area (Å²) in [6.07, 6.45) is 4.66. The second kappa shape index (κ2) is 4.11. The van der Waals surface area contributed by atoms with Gasteiger partial charge < -0.3 is 14.9 Å². The first-order valence-electron chi connectivity index (χ1n) is 5.07. The van der Waals surface area contributed by atoms with E-state index in [4.69, 9.17) is 14.9 Å². The van der Waals surface area contributed by atoms with Crippen molar-refractivity contribution in [1.29, 1.82) is 0 Å². The number of nitrogens with two attached hydrogens (primary N) is 1. The second-order valence-corrected chi connectivity index (χ2v) is 3.85. The largest absolute Gasteiger partial charge is 0.443 e. The van der Waals surface area contributed by atoms with Gasteiger partial charge in [0.1, 0.15) is 11.9 Å². The molecule has 0 saturated carbocycles. The lowest BCUT2D eigenvalue weighted by Crippen LogP contribution is -2.17. The molecule has 0 aliphatic carbocycles. The van der Waals surface area contributed by atoms with Crippen LogP contribution >= 0.6 is 0 Å². The molecule has 2 N–H and O–H groups in total. The second-order valence-electron chi connectivity index (χ2n) is 3.85. The number of hydrogen-bond acceptors (Lipinski definition) is 4. The number of oxazole rings is 1. The van der Waals surface area contributed by atoms with Crippen molar-refractivity contribution in [3.05, 3.63) is 17.8 Å². The molecule has 0 aromatic carbocycles. The normalized spacial score (nSPS) is 24.0. The van der Waals surface area contributed by atoms with E-state index in [-0.39, 0.29) is 12.1 Å². The van der Waals surface area contributed by atoms with Gasteiger partial charge in [-0.25, -0.2) is 4.98 Å². The minimum absolute atomic E-state index is 0.0665. The van der Waals surface area contributed by atoms with Crippen LogP contribution in [0.3, 0.4) is 0 Å². The molecule has 2 heterocycles. The Morgan fingerprint density at radius 3 is 3.21 bits per heavy atom. The zero-order valence-electron chi connectivity index (χ0n) is 8.40. The average molecular weight is 196 g/mol. The van der Waals surface area contributed by atoms with Crippen LogP contribution in [0.1, 0.15) is 37.5 Å². The third-order valence-electron chi connectivity index (χ3n) is 2.30. The summed E-state index contributed by atoms with van der Waals surface area (Å²) >= 11 is 0. The highest BCUT2D eigenvalue weighted by Crippen LogP contribution is 2.27. The average Bonchev–Trinajstić information content (AvgIpc) is 2.69. The monoisotopic (exact) mass is 196 g/mol. The van der Waals surface area contributed by atoms with E-state index in [0.29, 0.717) is 5.89 Å². The van der Waals surface area contributed by atoms with Gasteiger partial charge in [0.15, 0.2) is 0 Å². The quantitative estimate of drug-likeness (QED) is 0.794. The highest BCUT2D eigenvalue weighted by molar-refractivity contribution is 4.99. The first-order valence-corrected chi connectivity index (χ1v) is 5.07.